The number of nitrogens with one attached hydrogen (secondary N) is 1. The molecular weight excluding hydrogens is 423 g/mol. The SMILES string of the molecule is COc1cc2c(Nc3ccc(C#N)c(C(F)(F)F)c3)ncnc2cc1OCCCN(C)C. The highest BCUT2D eigenvalue weighted by atomic mass is 19.4. The summed E-state index contributed by atoms with van der Waals surface area (Å²) in [6.45, 7) is 1.36. The number of benzene rings is 2. The summed E-state index contributed by atoms with van der Waals surface area (Å²) in [5, 5.41) is 12.4. The molecule has 1 aromatic heterocycles. The smallest absolute Gasteiger partial charge is 0.417 e. The fourth-order valence-corrected chi connectivity index (χ4v) is 3.09. The van der Waals surface area contributed by atoms with Crippen molar-refractivity contribution in [3.63, 3.8) is 0 Å². The van der Waals surface area contributed by atoms with Crippen molar-refractivity contribution >= 4 is 22.4 Å². The molecule has 0 fully saturated rings. The van der Waals surface area contributed by atoms with Crippen molar-refractivity contribution in [3.8, 4) is 17.6 Å². The second-order valence-corrected chi connectivity index (χ2v) is 7.24. The number of ether oxygens (including phenoxy) is 2. The van der Waals surface area contributed by atoms with E-state index in [1.807, 2.05) is 14.1 Å². The zero-order valence-electron chi connectivity index (χ0n) is 17.8. The highest BCUT2D eigenvalue weighted by Gasteiger charge is 2.34. The van der Waals surface area contributed by atoms with Gasteiger partial charge in [-0.1, -0.05) is 0 Å². The second-order valence-electron chi connectivity index (χ2n) is 7.24. The van der Waals surface area contributed by atoms with Crippen LogP contribution >= 0.6 is 0 Å². The van der Waals surface area contributed by atoms with Gasteiger partial charge >= 0.3 is 6.18 Å². The van der Waals surface area contributed by atoms with Gasteiger partial charge in [-0.3, -0.25) is 0 Å². The molecule has 2 aromatic carbocycles. The van der Waals surface area contributed by atoms with Gasteiger partial charge in [0, 0.05) is 23.7 Å². The minimum absolute atomic E-state index is 0.138. The Bertz CT molecular complexity index is 1140. The van der Waals surface area contributed by atoms with Crippen LogP contribution in [0.15, 0.2) is 36.7 Å². The van der Waals surface area contributed by atoms with Crippen LogP contribution < -0.4 is 14.8 Å². The maximum atomic E-state index is 13.3. The van der Waals surface area contributed by atoms with E-state index in [4.69, 9.17) is 14.7 Å². The number of aromatic nitrogens is 2. The number of rotatable bonds is 8. The maximum Gasteiger partial charge on any atom is 0.417 e. The van der Waals surface area contributed by atoms with Crippen LogP contribution in [0.5, 0.6) is 11.5 Å². The lowest BCUT2D eigenvalue weighted by atomic mass is 10.1. The molecule has 0 aliphatic heterocycles. The van der Waals surface area contributed by atoms with Gasteiger partial charge in [0.15, 0.2) is 11.5 Å². The third-order valence-corrected chi connectivity index (χ3v) is 4.64. The standard InChI is InChI=1S/C22H22F3N5O2/c1-30(2)7-4-8-32-20-11-18-16(10-19(20)31-3)21(28-13-27-18)29-15-6-5-14(12-26)17(9-15)22(23,24)25/h5-6,9-11,13H,4,7-8H2,1-3H3,(H,27,28,29). The average Bonchev–Trinajstić information content (AvgIpc) is 2.75. The van der Waals surface area contributed by atoms with E-state index >= 15 is 0 Å². The van der Waals surface area contributed by atoms with Crippen LogP contribution in [-0.2, 0) is 6.18 Å². The zero-order chi connectivity index (χ0) is 23.3. The Morgan fingerprint density at radius 1 is 1.12 bits per heavy atom. The molecule has 0 saturated heterocycles. The summed E-state index contributed by atoms with van der Waals surface area (Å²) in [5.74, 6) is 1.27. The molecule has 3 aromatic rings. The number of nitrogens with zero attached hydrogens (tertiary/aromatic N) is 4. The van der Waals surface area contributed by atoms with Gasteiger partial charge in [0.25, 0.3) is 0 Å². The van der Waals surface area contributed by atoms with Crippen LogP contribution in [0, 0.1) is 11.3 Å². The van der Waals surface area contributed by atoms with Crippen LogP contribution in [0.4, 0.5) is 24.7 Å². The van der Waals surface area contributed by atoms with Gasteiger partial charge in [-0.25, -0.2) is 9.97 Å². The molecule has 7 nitrogen and oxygen atoms in total. The van der Waals surface area contributed by atoms with Gasteiger partial charge in [-0.05, 0) is 44.8 Å². The van der Waals surface area contributed by atoms with Gasteiger partial charge in [0.1, 0.15) is 12.1 Å². The molecule has 0 spiro atoms. The number of alkyl halides is 3. The number of halogens is 3. The van der Waals surface area contributed by atoms with E-state index in [2.05, 4.69) is 20.2 Å². The third kappa shape index (κ3) is 5.36. The molecule has 0 atom stereocenters. The molecule has 1 N–H and O–H groups in total. The lowest BCUT2D eigenvalue weighted by molar-refractivity contribution is -0.137. The number of hydrogen-bond acceptors (Lipinski definition) is 7. The Balaban J connectivity index is 1.92. The molecular formula is C22H22F3N5O2. The van der Waals surface area contributed by atoms with Crippen molar-refractivity contribution in [2.24, 2.45) is 0 Å². The van der Waals surface area contributed by atoms with Crippen LogP contribution in [0.3, 0.4) is 0 Å². The van der Waals surface area contributed by atoms with Crippen molar-refractivity contribution in [2.45, 2.75) is 12.6 Å². The Morgan fingerprint density at radius 2 is 1.91 bits per heavy atom. The molecule has 0 aliphatic rings. The molecule has 3 rings (SSSR count). The first kappa shape index (κ1) is 23.1. The van der Waals surface area contributed by atoms with Crippen molar-refractivity contribution in [3.05, 3.63) is 47.8 Å². The normalized spacial score (nSPS) is 11.4. The topological polar surface area (TPSA) is 83.3 Å². The maximum absolute atomic E-state index is 13.3. The van der Waals surface area contributed by atoms with Crippen molar-refractivity contribution in [1.29, 1.82) is 5.26 Å². The van der Waals surface area contributed by atoms with E-state index in [-0.39, 0.29) is 5.69 Å². The van der Waals surface area contributed by atoms with E-state index in [0.717, 1.165) is 25.1 Å². The highest BCUT2D eigenvalue weighted by Crippen LogP contribution is 2.37. The number of methoxy groups -OCH3 is 1. The Hall–Kier alpha value is -3.58. The monoisotopic (exact) mass is 445 g/mol. The molecule has 0 unspecified atom stereocenters. The summed E-state index contributed by atoms with van der Waals surface area (Å²) in [6.07, 6.45) is -2.52. The molecule has 10 heteroatoms. The highest BCUT2D eigenvalue weighted by molar-refractivity contribution is 5.93. The molecule has 168 valence electrons. The lowest BCUT2D eigenvalue weighted by Crippen LogP contribution is -2.15. The van der Waals surface area contributed by atoms with Gasteiger partial charge in [0.05, 0.1) is 36.4 Å². The zero-order valence-corrected chi connectivity index (χ0v) is 17.8. The molecule has 0 radical (unpaired) electrons. The summed E-state index contributed by atoms with van der Waals surface area (Å²) >= 11 is 0. The molecule has 0 saturated carbocycles. The van der Waals surface area contributed by atoms with Crippen LogP contribution in [0.1, 0.15) is 17.5 Å². The van der Waals surface area contributed by atoms with Crippen LogP contribution in [0.2, 0.25) is 0 Å². The van der Waals surface area contributed by atoms with Crippen LogP contribution in [-0.4, -0.2) is 49.2 Å². The first-order chi connectivity index (χ1) is 15.2. The van der Waals surface area contributed by atoms with E-state index in [1.165, 1.54) is 19.5 Å². The Labute approximate surface area is 183 Å². The van der Waals surface area contributed by atoms with E-state index in [0.29, 0.717) is 34.8 Å². The van der Waals surface area contributed by atoms with Gasteiger partial charge in [0.2, 0.25) is 0 Å². The Morgan fingerprint density at radius 3 is 2.56 bits per heavy atom. The molecule has 32 heavy (non-hydrogen) atoms. The molecule has 0 amide bonds. The van der Waals surface area contributed by atoms with Gasteiger partial charge in [-0.2, -0.15) is 18.4 Å². The van der Waals surface area contributed by atoms with Crippen molar-refractivity contribution in [2.75, 3.05) is 39.7 Å². The number of fused-ring (bicyclic) bond motifs is 1. The van der Waals surface area contributed by atoms with Gasteiger partial charge in [-0.15, -0.1) is 0 Å². The third-order valence-electron chi connectivity index (χ3n) is 4.64. The first-order valence-electron chi connectivity index (χ1n) is 9.71. The number of anilines is 2. The van der Waals surface area contributed by atoms with Crippen molar-refractivity contribution in [1.82, 2.24) is 14.9 Å². The summed E-state index contributed by atoms with van der Waals surface area (Å²) in [4.78, 5) is 10.5. The predicted octanol–water partition coefficient (Wildman–Crippen LogP) is 4.60. The largest absolute Gasteiger partial charge is 0.493 e. The minimum Gasteiger partial charge on any atom is -0.493 e. The van der Waals surface area contributed by atoms with E-state index in [1.54, 1.807) is 18.2 Å². The fourth-order valence-electron chi connectivity index (χ4n) is 3.09. The summed E-state index contributed by atoms with van der Waals surface area (Å²) in [5.41, 5.74) is -0.794. The lowest BCUT2D eigenvalue weighted by Gasteiger charge is -2.15. The van der Waals surface area contributed by atoms with Gasteiger partial charge < -0.3 is 19.7 Å². The minimum atomic E-state index is -4.65. The predicted molar refractivity (Wildman–Crippen MR) is 114 cm³/mol. The van der Waals surface area contributed by atoms with E-state index in [9.17, 15) is 13.2 Å². The molecule has 0 bridgehead atoms. The quantitative estimate of drug-likeness (QED) is 0.507. The summed E-state index contributed by atoms with van der Waals surface area (Å²) in [6, 6.07) is 8.33. The number of nitriles is 1. The summed E-state index contributed by atoms with van der Waals surface area (Å²) < 4.78 is 51.1. The molecule has 1 heterocycles. The average molecular weight is 445 g/mol. The van der Waals surface area contributed by atoms with Crippen LogP contribution in [0.25, 0.3) is 10.9 Å². The summed E-state index contributed by atoms with van der Waals surface area (Å²) in [7, 11) is 5.46. The Kier molecular flexibility index (Phi) is 7.00. The van der Waals surface area contributed by atoms with E-state index < -0.39 is 17.3 Å². The molecule has 0 aliphatic carbocycles. The second kappa shape index (κ2) is 9.70. The fraction of sp³-hybridized carbons (Fsp3) is 0.318. The van der Waals surface area contributed by atoms with Crippen molar-refractivity contribution < 1.29 is 22.6 Å². The first-order valence-corrected chi connectivity index (χ1v) is 9.71. The number of hydrogen-bond donors (Lipinski definition) is 1.